The molecular weight excluding hydrogens is 245 g/mol. The highest BCUT2D eigenvalue weighted by Crippen LogP contribution is 2.21. The van der Waals surface area contributed by atoms with E-state index >= 15 is 0 Å². The van der Waals surface area contributed by atoms with Crippen molar-refractivity contribution < 1.29 is 9.13 Å². The van der Waals surface area contributed by atoms with Gasteiger partial charge in [0.2, 0.25) is 0 Å². The number of nitrogens with zero attached hydrogens (tertiary/aromatic N) is 2. The van der Waals surface area contributed by atoms with Crippen LogP contribution in [0.15, 0.2) is 30.6 Å². The summed E-state index contributed by atoms with van der Waals surface area (Å²) >= 11 is 5.62. The van der Waals surface area contributed by atoms with E-state index in [1.54, 1.807) is 0 Å². The van der Waals surface area contributed by atoms with E-state index in [1.807, 2.05) is 0 Å². The molecule has 0 radical (unpaired) electrons. The molecule has 0 saturated carbocycles. The Balaban J connectivity index is 2.02. The van der Waals surface area contributed by atoms with Crippen molar-refractivity contribution in [1.29, 1.82) is 0 Å². The zero-order valence-electron chi connectivity index (χ0n) is 8.73. The smallest absolute Gasteiger partial charge is 0.142 e. The van der Waals surface area contributed by atoms with Crippen LogP contribution in [0, 0.1) is 5.82 Å². The first-order valence-corrected chi connectivity index (χ1v) is 5.17. The summed E-state index contributed by atoms with van der Waals surface area (Å²) in [5.41, 5.74) is 6.02. The van der Waals surface area contributed by atoms with Gasteiger partial charge < -0.3 is 10.5 Å². The number of hydrogen-bond acceptors (Lipinski definition) is 4. The highest BCUT2D eigenvalue weighted by molar-refractivity contribution is 6.30. The van der Waals surface area contributed by atoms with Gasteiger partial charge in [0.25, 0.3) is 0 Å². The number of aromatic nitrogens is 2. The Morgan fingerprint density at radius 3 is 2.76 bits per heavy atom. The number of hydrogen-bond donors (Lipinski definition) is 1. The number of nitrogen functional groups attached to an aromatic ring is 1. The molecule has 1 aromatic carbocycles. The highest BCUT2D eigenvalue weighted by Gasteiger charge is 2.02. The lowest BCUT2D eigenvalue weighted by Gasteiger charge is -2.06. The number of benzene rings is 1. The largest absolute Gasteiger partial charge is 0.487 e. The van der Waals surface area contributed by atoms with E-state index in [-0.39, 0.29) is 11.6 Å². The summed E-state index contributed by atoms with van der Waals surface area (Å²) in [7, 11) is 0. The second kappa shape index (κ2) is 4.97. The highest BCUT2D eigenvalue weighted by atomic mass is 35.5. The first kappa shape index (κ1) is 11.6. The lowest BCUT2D eigenvalue weighted by Crippen LogP contribution is -2.00. The predicted octanol–water partition coefficient (Wildman–Crippen LogP) is 2.43. The minimum Gasteiger partial charge on any atom is -0.487 e. The van der Waals surface area contributed by atoms with Gasteiger partial charge in [-0.1, -0.05) is 11.6 Å². The van der Waals surface area contributed by atoms with E-state index in [1.165, 1.54) is 30.6 Å². The van der Waals surface area contributed by atoms with Crippen LogP contribution in [0.25, 0.3) is 0 Å². The summed E-state index contributed by atoms with van der Waals surface area (Å²) in [6, 6.07) is 4.14. The second-order valence-corrected chi connectivity index (χ2v) is 3.70. The zero-order chi connectivity index (χ0) is 12.3. The number of anilines is 1. The summed E-state index contributed by atoms with van der Waals surface area (Å²) < 4.78 is 18.3. The maximum Gasteiger partial charge on any atom is 0.142 e. The van der Waals surface area contributed by atoms with Crippen LogP contribution in [0.3, 0.4) is 0 Å². The van der Waals surface area contributed by atoms with Crippen molar-refractivity contribution in [3.63, 3.8) is 0 Å². The number of rotatable bonds is 3. The van der Waals surface area contributed by atoms with E-state index in [2.05, 4.69) is 9.97 Å². The van der Waals surface area contributed by atoms with Crippen molar-refractivity contribution in [2.75, 3.05) is 5.73 Å². The van der Waals surface area contributed by atoms with Crippen molar-refractivity contribution >= 4 is 17.4 Å². The first-order chi connectivity index (χ1) is 8.15. The van der Waals surface area contributed by atoms with Crippen molar-refractivity contribution in [3.8, 4) is 5.75 Å². The van der Waals surface area contributed by atoms with Gasteiger partial charge in [-0.2, -0.15) is 0 Å². The van der Waals surface area contributed by atoms with Crippen molar-refractivity contribution in [1.82, 2.24) is 9.97 Å². The van der Waals surface area contributed by atoms with E-state index in [0.717, 1.165) is 0 Å². The molecule has 0 spiro atoms. The zero-order valence-corrected chi connectivity index (χ0v) is 9.49. The summed E-state index contributed by atoms with van der Waals surface area (Å²) in [5.74, 6) is 0.333. The molecule has 0 aliphatic heterocycles. The minimum absolute atomic E-state index is 0.0193. The number of halogens is 2. The molecule has 4 nitrogen and oxygen atoms in total. The van der Waals surface area contributed by atoms with Gasteiger partial charge in [0.1, 0.15) is 24.0 Å². The average molecular weight is 254 g/mol. The lowest BCUT2D eigenvalue weighted by atomic mass is 10.3. The molecule has 0 aliphatic carbocycles. The second-order valence-electron chi connectivity index (χ2n) is 3.30. The van der Waals surface area contributed by atoms with Crippen LogP contribution in [0.2, 0.25) is 5.02 Å². The molecule has 1 heterocycles. The molecule has 2 rings (SSSR count). The summed E-state index contributed by atoms with van der Waals surface area (Å²) in [4.78, 5) is 7.89. The molecule has 2 aromatic rings. The maximum absolute atomic E-state index is 12.9. The molecular formula is C11H9ClFN3O. The third-order valence-electron chi connectivity index (χ3n) is 2.00. The maximum atomic E-state index is 12.9. The Hall–Kier alpha value is -1.88. The van der Waals surface area contributed by atoms with Gasteiger partial charge in [0.05, 0.1) is 23.1 Å². The van der Waals surface area contributed by atoms with Gasteiger partial charge in [-0.25, -0.2) is 9.37 Å². The van der Waals surface area contributed by atoms with Crippen LogP contribution in [0.5, 0.6) is 5.75 Å². The first-order valence-electron chi connectivity index (χ1n) is 4.79. The third-order valence-corrected chi connectivity index (χ3v) is 2.29. The quantitative estimate of drug-likeness (QED) is 0.913. The Kier molecular flexibility index (Phi) is 3.39. The van der Waals surface area contributed by atoms with Gasteiger partial charge in [0, 0.05) is 6.07 Å². The van der Waals surface area contributed by atoms with Crippen LogP contribution < -0.4 is 10.5 Å². The molecule has 17 heavy (non-hydrogen) atoms. The van der Waals surface area contributed by atoms with Crippen molar-refractivity contribution in [3.05, 3.63) is 47.1 Å². The Morgan fingerprint density at radius 1 is 1.29 bits per heavy atom. The van der Waals surface area contributed by atoms with Gasteiger partial charge in [-0.15, -0.1) is 0 Å². The molecule has 2 N–H and O–H groups in total. The van der Waals surface area contributed by atoms with E-state index < -0.39 is 5.82 Å². The van der Waals surface area contributed by atoms with Crippen LogP contribution in [0.4, 0.5) is 10.2 Å². The standard InChI is InChI=1S/C11H9ClFN3O/c12-9-3-8(1-2-10(9)13)17-6-7-4-16-11(14)5-15-7/h1-5H,6H2,(H2,14,16). The van der Waals surface area contributed by atoms with Crippen LogP contribution >= 0.6 is 11.6 Å². The summed E-state index contributed by atoms with van der Waals surface area (Å²) in [5, 5.41) is 0.0193. The number of nitrogens with two attached hydrogens (primary N) is 1. The third kappa shape index (κ3) is 3.04. The van der Waals surface area contributed by atoms with Crippen LogP contribution in [0.1, 0.15) is 5.69 Å². The Labute approximate surface area is 102 Å². The van der Waals surface area contributed by atoms with Crippen LogP contribution in [-0.2, 0) is 6.61 Å². The fourth-order valence-corrected chi connectivity index (χ4v) is 1.33. The number of ether oxygens (including phenoxy) is 1. The normalized spacial score (nSPS) is 10.2. The fraction of sp³-hybridized carbons (Fsp3) is 0.0909. The van der Waals surface area contributed by atoms with Crippen LogP contribution in [-0.4, -0.2) is 9.97 Å². The van der Waals surface area contributed by atoms with Gasteiger partial charge in [-0.3, -0.25) is 4.98 Å². The van der Waals surface area contributed by atoms with Crippen molar-refractivity contribution in [2.45, 2.75) is 6.61 Å². The summed E-state index contributed by atoms with van der Waals surface area (Å²) in [6.07, 6.45) is 2.96. The van der Waals surface area contributed by atoms with E-state index in [9.17, 15) is 4.39 Å². The Bertz CT molecular complexity index is 519. The molecule has 0 unspecified atom stereocenters. The molecule has 6 heteroatoms. The lowest BCUT2D eigenvalue weighted by molar-refractivity contribution is 0.300. The van der Waals surface area contributed by atoms with E-state index in [4.69, 9.17) is 22.1 Å². The van der Waals surface area contributed by atoms with Crippen molar-refractivity contribution in [2.24, 2.45) is 0 Å². The SMILES string of the molecule is Nc1cnc(COc2ccc(F)c(Cl)c2)cn1. The van der Waals surface area contributed by atoms with Gasteiger partial charge in [-0.05, 0) is 12.1 Å². The molecule has 0 amide bonds. The van der Waals surface area contributed by atoms with E-state index in [0.29, 0.717) is 17.3 Å². The topological polar surface area (TPSA) is 61.0 Å². The molecule has 0 saturated heterocycles. The average Bonchev–Trinajstić information content (AvgIpc) is 2.33. The Morgan fingerprint density at radius 2 is 2.12 bits per heavy atom. The van der Waals surface area contributed by atoms with Gasteiger partial charge in [0.15, 0.2) is 0 Å². The molecule has 0 fully saturated rings. The monoisotopic (exact) mass is 253 g/mol. The molecule has 0 bridgehead atoms. The molecule has 0 aliphatic rings. The fourth-order valence-electron chi connectivity index (χ4n) is 1.16. The summed E-state index contributed by atoms with van der Waals surface area (Å²) in [6.45, 7) is 0.218. The molecule has 88 valence electrons. The predicted molar refractivity (Wildman–Crippen MR) is 62.2 cm³/mol. The minimum atomic E-state index is -0.480. The molecule has 1 aromatic heterocycles. The molecule has 0 atom stereocenters. The van der Waals surface area contributed by atoms with Gasteiger partial charge >= 0.3 is 0 Å².